The molecule has 1 spiro atoms. The van der Waals surface area contributed by atoms with Crippen molar-refractivity contribution in [1.29, 1.82) is 0 Å². The van der Waals surface area contributed by atoms with Crippen LogP contribution in [0.5, 0.6) is 5.75 Å². The van der Waals surface area contributed by atoms with Gasteiger partial charge in [0.05, 0.1) is 19.3 Å². The topological polar surface area (TPSA) is 49.8 Å². The van der Waals surface area contributed by atoms with E-state index in [4.69, 9.17) is 4.74 Å². The third-order valence-electron chi connectivity index (χ3n) is 5.53. The van der Waals surface area contributed by atoms with Crippen molar-refractivity contribution in [2.24, 2.45) is 10.4 Å². The van der Waals surface area contributed by atoms with Crippen molar-refractivity contribution >= 4 is 29.9 Å². The molecule has 0 unspecified atom stereocenters. The number of nitrogens with one attached hydrogen (secondary N) is 1. The van der Waals surface area contributed by atoms with Crippen LogP contribution in [0.2, 0.25) is 0 Å². The first-order valence-corrected chi connectivity index (χ1v) is 8.53. The number of nitrogens with zero attached hydrogens (tertiary/aromatic N) is 3. The number of likely N-dealkylation sites (tertiary alicyclic amines) is 1. The summed E-state index contributed by atoms with van der Waals surface area (Å²) in [5.74, 6) is 1.93. The Morgan fingerprint density at radius 1 is 1.38 bits per heavy atom. The van der Waals surface area contributed by atoms with Crippen molar-refractivity contribution in [3.05, 3.63) is 23.0 Å². The maximum atomic E-state index is 5.49. The molecule has 0 amide bonds. The van der Waals surface area contributed by atoms with Gasteiger partial charge in [0, 0.05) is 37.5 Å². The van der Waals surface area contributed by atoms with E-state index in [1.807, 2.05) is 20.2 Å². The number of aromatic nitrogens is 1. The normalized spacial score (nSPS) is 19.0. The van der Waals surface area contributed by atoms with Gasteiger partial charge in [-0.2, -0.15) is 0 Å². The lowest BCUT2D eigenvalue weighted by Crippen LogP contribution is -2.42. The minimum absolute atomic E-state index is 0. The summed E-state index contributed by atoms with van der Waals surface area (Å²) >= 11 is 0. The highest BCUT2D eigenvalue weighted by molar-refractivity contribution is 14.0. The Labute approximate surface area is 162 Å². The molecule has 1 N–H and O–H groups in total. The van der Waals surface area contributed by atoms with E-state index in [2.05, 4.69) is 27.1 Å². The number of hydrogen-bond acceptors (Lipinski definition) is 3. The van der Waals surface area contributed by atoms with E-state index in [9.17, 15) is 0 Å². The molecular formula is C18H29IN4O. The molecular weight excluding hydrogens is 415 g/mol. The maximum Gasteiger partial charge on any atom is 0.193 e. The van der Waals surface area contributed by atoms with Gasteiger partial charge in [0.15, 0.2) is 5.96 Å². The van der Waals surface area contributed by atoms with Crippen LogP contribution in [-0.2, 0) is 6.54 Å². The number of aryl methyl sites for hydroxylation is 1. The molecule has 1 aromatic heterocycles. The number of guanidine groups is 1. The highest BCUT2D eigenvalue weighted by Crippen LogP contribution is 2.47. The predicted octanol–water partition coefficient (Wildman–Crippen LogP) is 3.28. The van der Waals surface area contributed by atoms with E-state index >= 15 is 0 Å². The highest BCUT2D eigenvalue weighted by atomic mass is 127. The van der Waals surface area contributed by atoms with Crippen LogP contribution in [0.1, 0.15) is 42.5 Å². The Morgan fingerprint density at radius 2 is 2.12 bits per heavy atom. The largest absolute Gasteiger partial charge is 0.496 e. The minimum Gasteiger partial charge on any atom is -0.496 e. The summed E-state index contributed by atoms with van der Waals surface area (Å²) in [4.78, 5) is 11.4. The molecule has 24 heavy (non-hydrogen) atoms. The van der Waals surface area contributed by atoms with Crippen LogP contribution in [0.25, 0.3) is 0 Å². The molecule has 1 aliphatic heterocycles. The van der Waals surface area contributed by atoms with Crippen molar-refractivity contribution in [2.45, 2.75) is 46.1 Å². The summed E-state index contributed by atoms with van der Waals surface area (Å²) < 4.78 is 5.49. The Morgan fingerprint density at radius 3 is 2.67 bits per heavy atom. The zero-order valence-electron chi connectivity index (χ0n) is 15.2. The molecule has 1 saturated heterocycles. The van der Waals surface area contributed by atoms with E-state index in [0.717, 1.165) is 41.6 Å². The molecule has 134 valence electrons. The fourth-order valence-electron chi connectivity index (χ4n) is 3.95. The Kier molecular flexibility index (Phi) is 6.33. The second-order valence-corrected chi connectivity index (χ2v) is 6.97. The van der Waals surface area contributed by atoms with Gasteiger partial charge in [0.2, 0.25) is 0 Å². The fraction of sp³-hybridized carbons (Fsp3) is 0.667. The molecule has 2 aliphatic rings. The van der Waals surface area contributed by atoms with E-state index in [1.54, 1.807) is 7.11 Å². The number of ether oxygens (including phenoxy) is 1. The van der Waals surface area contributed by atoms with Crippen LogP contribution >= 0.6 is 24.0 Å². The number of aliphatic imine (C=N–C) groups is 1. The van der Waals surface area contributed by atoms with E-state index in [0.29, 0.717) is 12.0 Å². The quantitative estimate of drug-likeness (QED) is 0.442. The minimum atomic E-state index is 0. The van der Waals surface area contributed by atoms with Gasteiger partial charge in [-0.3, -0.25) is 9.98 Å². The van der Waals surface area contributed by atoms with Crippen molar-refractivity contribution in [3.63, 3.8) is 0 Å². The van der Waals surface area contributed by atoms with Gasteiger partial charge in [-0.25, -0.2) is 0 Å². The van der Waals surface area contributed by atoms with Gasteiger partial charge < -0.3 is 15.0 Å². The van der Waals surface area contributed by atoms with Gasteiger partial charge >= 0.3 is 0 Å². The molecule has 0 aromatic carbocycles. The average molecular weight is 444 g/mol. The molecule has 0 radical (unpaired) electrons. The van der Waals surface area contributed by atoms with E-state index < -0.39 is 0 Å². The second kappa shape index (κ2) is 7.89. The van der Waals surface area contributed by atoms with Gasteiger partial charge in [-0.15, -0.1) is 24.0 Å². The lowest BCUT2D eigenvalue weighted by Gasteiger charge is -2.38. The van der Waals surface area contributed by atoms with Crippen LogP contribution in [0, 0.1) is 19.3 Å². The molecule has 3 rings (SSSR count). The van der Waals surface area contributed by atoms with Crippen molar-refractivity contribution in [1.82, 2.24) is 15.2 Å². The fourth-order valence-corrected chi connectivity index (χ4v) is 3.95. The molecule has 6 heteroatoms. The first kappa shape index (κ1) is 19.3. The molecule has 1 saturated carbocycles. The third kappa shape index (κ3) is 3.63. The first-order chi connectivity index (χ1) is 11.1. The molecule has 0 atom stereocenters. The average Bonchev–Trinajstić information content (AvgIpc) is 2.96. The van der Waals surface area contributed by atoms with Crippen LogP contribution < -0.4 is 10.1 Å². The summed E-state index contributed by atoms with van der Waals surface area (Å²) in [6.45, 7) is 7.04. The smallest absolute Gasteiger partial charge is 0.193 e. The van der Waals surface area contributed by atoms with Gasteiger partial charge in [-0.05, 0) is 38.5 Å². The standard InChI is InChI=1S/C18H28N4O.HI/c1-13-10-20-15(14(2)16(13)23-4)11-21-17(19-3)22-9-8-18(12-22)6-5-7-18;/h10H,5-9,11-12H2,1-4H3,(H,19,21);1H. The zero-order valence-corrected chi connectivity index (χ0v) is 17.5. The summed E-state index contributed by atoms with van der Waals surface area (Å²) in [7, 11) is 3.58. The SMILES string of the molecule is CN=C(NCc1ncc(C)c(OC)c1C)N1CCC2(CCC2)C1.I. The summed E-state index contributed by atoms with van der Waals surface area (Å²) in [6, 6.07) is 0. The van der Waals surface area contributed by atoms with Crippen LogP contribution in [0.3, 0.4) is 0 Å². The van der Waals surface area contributed by atoms with Crippen LogP contribution in [-0.4, -0.2) is 43.1 Å². The number of methoxy groups -OCH3 is 1. The van der Waals surface area contributed by atoms with Gasteiger partial charge in [-0.1, -0.05) is 6.42 Å². The van der Waals surface area contributed by atoms with Gasteiger partial charge in [0.1, 0.15) is 5.75 Å². The first-order valence-electron chi connectivity index (χ1n) is 8.53. The van der Waals surface area contributed by atoms with Crippen molar-refractivity contribution in [3.8, 4) is 5.75 Å². The zero-order chi connectivity index (χ0) is 16.4. The number of hydrogen-bond donors (Lipinski definition) is 1. The molecule has 0 bridgehead atoms. The van der Waals surface area contributed by atoms with Gasteiger partial charge in [0.25, 0.3) is 0 Å². The summed E-state index contributed by atoms with van der Waals surface area (Å²) in [6.07, 6.45) is 7.35. The number of rotatable bonds is 3. The third-order valence-corrected chi connectivity index (χ3v) is 5.53. The summed E-state index contributed by atoms with van der Waals surface area (Å²) in [5.41, 5.74) is 3.78. The van der Waals surface area contributed by atoms with Crippen molar-refractivity contribution < 1.29 is 4.74 Å². The number of pyridine rings is 1. The molecule has 2 heterocycles. The lowest BCUT2D eigenvalue weighted by molar-refractivity contribution is 0.151. The van der Waals surface area contributed by atoms with Crippen LogP contribution in [0.15, 0.2) is 11.2 Å². The van der Waals surface area contributed by atoms with Crippen molar-refractivity contribution in [2.75, 3.05) is 27.2 Å². The Balaban J connectivity index is 0.00000208. The van der Waals surface area contributed by atoms with Crippen LogP contribution in [0.4, 0.5) is 0 Å². The van der Waals surface area contributed by atoms with E-state index in [1.165, 1.54) is 25.7 Å². The number of halogens is 1. The highest BCUT2D eigenvalue weighted by Gasteiger charge is 2.43. The molecule has 1 aromatic rings. The Hall–Kier alpha value is -1.05. The maximum absolute atomic E-state index is 5.49. The van der Waals surface area contributed by atoms with E-state index in [-0.39, 0.29) is 24.0 Å². The lowest BCUT2D eigenvalue weighted by atomic mass is 9.68. The molecule has 1 aliphatic carbocycles. The second-order valence-electron chi connectivity index (χ2n) is 6.97. The predicted molar refractivity (Wildman–Crippen MR) is 108 cm³/mol. The summed E-state index contributed by atoms with van der Waals surface area (Å²) in [5, 5.41) is 3.48. The Bertz CT molecular complexity index is 613. The monoisotopic (exact) mass is 444 g/mol. The molecule has 2 fully saturated rings. The molecule has 5 nitrogen and oxygen atoms in total.